The molecule has 3 rings (SSSR count). The SMILES string of the molecule is Cc1cc2c(cc1F)[nH]c(=S)n2Cc1cccs1. The topological polar surface area (TPSA) is 20.7 Å². The highest BCUT2D eigenvalue weighted by molar-refractivity contribution is 7.71. The lowest BCUT2D eigenvalue weighted by Gasteiger charge is -2.03. The summed E-state index contributed by atoms with van der Waals surface area (Å²) in [4.78, 5) is 4.28. The zero-order valence-electron chi connectivity index (χ0n) is 9.74. The highest BCUT2D eigenvalue weighted by atomic mass is 32.1. The van der Waals surface area contributed by atoms with Crippen LogP contribution in [0.4, 0.5) is 4.39 Å². The molecule has 0 unspecified atom stereocenters. The van der Waals surface area contributed by atoms with Crippen molar-refractivity contribution in [2.75, 3.05) is 0 Å². The Kier molecular flexibility index (Phi) is 2.80. The quantitative estimate of drug-likeness (QED) is 0.695. The van der Waals surface area contributed by atoms with Crippen LogP contribution < -0.4 is 0 Å². The van der Waals surface area contributed by atoms with E-state index in [1.165, 1.54) is 10.9 Å². The van der Waals surface area contributed by atoms with E-state index in [2.05, 4.69) is 11.1 Å². The number of aryl methyl sites for hydroxylation is 1. The van der Waals surface area contributed by atoms with E-state index >= 15 is 0 Å². The Balaban J connectivity index is 2.19. The monoisotopic (exact) mass is 278 g/mol. The Labute approximate surface area is 113 Å². The molecule has 0 saturated heterocycles. The zero-order chi connectivity index (χ0) is 12.7. The number of H-pyrrole nitrogens is 1. The maximum atomic E-state index is 13.5. The second-order valence-electron chi connectivity index (χ2n) is 4.21. The molecule has 0 aliphatic rings. The van der Waals surface area contributed by atoms with E-state index in [1.54, 1.807) is 18.3 Å². The van der Waals surface area contributed by atoms with Crippen LogP contribution in [-0.2, 0) is 6.54 Å². The maximum absolute atomic E-state index is 13.5. The van der Waals surface area contributed by atoms with Gasteiger partial charge in [0.15, 0.2) is 4.77 Å². The predicted octanol–water partition coefficient (Wildman–Crippen LogP) is 4.26. The predicted molar refractivity (Wildman–Crippen MR) is 75.2 cm³/mol. The van der Waals surface area contributed by atoms with Crippen LogP contribution in [0.15, 0.2) is 29.6 Å². The number of aromatic amines is 1. The van der Waals surface area contributed by atoms with E-state index in [9.17, 15) is 4.39 Å². The Bertz CT molecular complexity index is 753. The summed E-state index contributed by atoms with van der Waals surface area (Å²) >= 11 is 6.99. The van der Waals surface area contributed by atoms with Gasteiger partial charge in [0.05, 0.1) is 17.6 Å². The minimum absolute atomic E-state index is 0.206. The van der Waals surface area contributed by atoms with Gasteiger partial charge in [-0.25, -0.2) is 4.39 Å². The lowest BCUT2D eigenvalue weighted by atomic mass is 10.2. The summed E-state index contributed by atoms with van der Waals surface area (Å²) in [5.41, 5.74) is 2.34. The van der Waals surface area contributed by atoms with Gasteiger partial charge in [-0.2, -0.15) is 0 Å². The first-order valence-electron chi connectivity index (χ1n) is 5.56. The molecular formula is C13H11FN2S2. The Morgan fingerprint density at radius 3 is 3.00 bits per heavy atom. The molecule has 0 aliphatic heterocycles. The van der Waals surface area contributed by atoms with Crippen LogP contribution in [-0.4, -0.2) is 9.55 Å². The molecule has 2 aromatic heterocycles. The van der Waals surface area contributed by atoms with E-state index < -0.39 is 0 Å². The molecule has 2 nitrogen and oxygen atoms in total. The summed E-state index contributed by atoms with van der Waals surface area (Å²) < 4.78 is 16.1. The van der Waals surface area contributed by atoms with Gasteiger partial charge in [0.25, 0.3) is 0 Å². The number of nitrogens with zero attached hydrogens (tertiary/aromatic N) is 1. The molecule has 0 radical (unpaired) electrons. The van der Waals surface area contributed by atoms with E-state index in [1.807, 2.05) is 22.1 Å². The van der Waals surface area contributed by atoms with Gasteiger partial charge in [-0.1, -0.05) is 6.07 Å². The van der Waals surface area contributed by atoms with Crippen molar-refractivity contribution in [3.05, 3.63) is 50.7 Å². The molecule has 5 heteroatoms. The van der Waals surface area contributed by atoms with Gasteiger partial charge in [-0.15, -0.1) is 11.3 Å². The first kappa shape index (κ1) is 11.6. The molecular weight excluding hydrogens is 267 g/mol. The first-order valence-corrected chi connectivity index (χ1v) is 6.85. The minimum atomic E-state index is -0.206. The van der Waals surface area contributed by atoms with Crippen molar-refractivity contribution >= 4 is 34.6 Å². The number of halogens is 1. The standard InChI is InChI=1S/C13H11FN2S2/c1-8-5-12-11(6-10(8)14)15-13(17)16(12)7-9-3-2-4-18-9/h2-6H,7H2,1H3,(H,15,17). The lowest BCUT2D eigenvalue weighted by molar-refractivity contribution is 0.620. The highest BCUT2D eigenvalue weighted by Crippen LogP contribution is 2.21. The molecule has 0 spiro atoms. The van der Waals surface area contributed by atoms with E-state index in [0.29, 0.717) is 10.3 Å². The van der Waals surface area contributed by atoms with Gasteiger partial charge in [-0.3, -0.25) is 0 Å². The van der Waals surface area contributed by atoms with Crippen LogP contribution in [0.1, 0.15) is 10.4 Å². The average molecular weight is 278 g/mol. The molecule has 1 aromatic carbocycles. The fraction of sp³-hybridized carbons (Fsp3) is 0.154. The molecule has 1 N–H and O–H groups in total. The largest absolute Gasteiger partial charge is 0.330 e. The number of thiophene rings is 1. The summed E-state index contributed by atoms with van der Waals surface area (Å²) in [6.07, 6.45) is 0. The van der Waals surface area contributed by atoms with Crippen molar-refractivity contribution in [1.82, 2.24) is 9.55 Å². The maximum Gasteiger partial charge on any atom is 0.178 e. The van der Waals surface area contributed by atoms with Gasteiger partial charge in [-0.05, 0) is 48.3 Å². The zero-order valence-corrected chi connectivity index (χ0v) is 11.4. The number of benzene rings is 1. The number of imidazole rings is 1. The molecule has 3 aromatic rings. The van der Waals surface area contributed by atoms with Crippen molar-refractivity contribution in [1.29, 1.82) is 0 Å². The number of rotatable bonds is 2. The molecule has 0 aliphatic carbocycles. The molecule has 2 heterocycles. The summed E-state index contributed by atoms with van der Waals surface area (Å²) in [5.74, 6) is -0.206. The van der Waals surface area contributed by atoms with Gasteiger partial charge in [0.2, 0.25) is 0 Å². The summed E-state index contributed by atoms with van der Waals surface area (Å²) in [6.45, 7) is 2.49. The number of hydrogen-bond donors (Lipinski definition) is 1. The molecule has 92 valence electrons. The number of nitrogens with one attached hydrogen (secondary N) is 1. The van der Waals surface area contributed by atoms with Crippen molar-refractivity contribution < 1.29 is 4.39 Å². The second kappa shape index (κ2) is 4.33. The van der Waals surface area contributed by atoms with Gasteiger partial charge in [0.1, 0.15) is 5.82 Å². The Hall–Kier alpha value is -1.46. The average Bonchev–Trinajstić information content (AvgIpc) is 2.92. The Morgan fingerprint density at radius 2 is 2.28 bits per heavy atom. The summed E-state index contributed by atoms with van der Waals surface area (Å²) in [6, 6.07) is 7.43. The van der Waals surface area contributed by atoms with Crippen LogP contribution in [0, 0.1) is 17.5 Å². The number of fused-ring (bicyclic) bond motifs is 1. The summed E-state index contributed by atoms with van der Waals surface area (Å²) in [7, 11) is 0. The van der Waals surface area contributed by atoms with Gasteiger partial charge < -0.3 is 9.55 Å². The van der Waals surface area contributed by atoms with Gasteiger partial charge >= 0.3 is 0 Å². The molecule has 18 heavy (non-hydrogen) atoms. The van der Waals surface area contributed by atoms with Crippen molar-refractivity contribution in [3.63, 3.8) is 0 Å². The van der Waals surface area contributed by atoms with E-state index in [-0.39, 0.29) is 5.82 Å². The minimum Gasteiger partial charge on any atom is -0.330 e. The van der Waals surface area contributed by atoms with Crippen LogP contribution >= 0.6 is 23.6 Å². The van der Waals surface area contributed by atoms with Crippen LogP contribution in [0.2, 0.25) is 0 Å². The fourth-order valence-electron chi connectivity index (χ4n) is 2.00. The molecule has 0 saturated carbocycles. The first-order chi connectivity index (χ1) is 8.65. The molecule has 0 amide bonds. The molecule has 0 fully saturated rings. The third kappa shape index (κ3) is 1.89. The van der Waals surface area contributed by atoms with Crippen LogP contribution in [0.3, 0.4) is 0 Å². The van der Waals surface area contributed by atoms with E-state index in [4.69, 9.17) is 12.2 Å². The highest BCUT2D eigenvalue weighted by Gasteiger charge is 2.08. The fourth-order valence-corrected chi connectivity index (χ4v) is 2.96. The normalized spacial score (nSPS) is 11.2. The van der Waals surface area contributed by atoms with Crippen molar-refractivity contribution in [2.24, 2.45) is 0 Å². The second-order valence-corrected chi connectivity index (χ2v) is 5.63. The summed E-state index contributed by atoms with van der Waals surface area (Å²) in [5, 5.41) is 2.04. The van der Waals surface area contributed by atoms with Crippen molar-refractivity contribution in [3.8, 4) is 0 Å². The lowest BCUT2D eigenvalue weighted by Crippen LogP contribution is -1.98. The van der Waals surface area contributed by atoms with Crippen LogP contribution in [0.25, 0.3) is 11.0 Å². The van der Waals surface area contributed by atoms with Crippen molar-refractivity contribution in [2.45, 2.75) is 13.5 Å². The third-order valence-corrected chi connectivity index (χ3v) is 4.13. The number of aromatic nitrogens is 2. The third-order valence-electron chi connectivity index (χ3n) is 2.95. The van der Waals surface area contributed by atoms with Crippen LogP contribution in [0.5, 0.6) is 0 Å². The van der Waals surface area contributed by atoms with Gasteiger partial charge in [0, 0.05) is 4.88 Å². The Morgan fingerprint density at radius 1 is 1.44 bits per heavy atom. The molecule has 0 atom stereocenters. The number of hydrogen-bond acceptors (Lipinski definition) is 2. The smallest absolute Gasteiger partial charge is 0.178 e. The van der Waals surface area contributed by atoms with E-state index in [0.717, 1.165) is 17.6 Å². The molecule has 0 bridgehead atoms.